The lowest BCUT2D eigenvalue weighted by Crippen LogP contribution is -2.60. The Morgan fingerprint density at radius 2 is 1.97 bits per heavy atom. The molecule has 9 heteroatoms. The van der Waals surface area contributed by atoms with E-state index in [4.69, 9.17) is 9.47 Å². The van der Waals surface area contributed by atoms with Crippen LogP contribution in [0.5, 0.6) is 5.75 Å². The second-order valence-corrected chi connectivity index (χ2v) is 8.90. The van der Waals surface area contributed by atoms with Crippen molar-refractivity contribution in [1.82, 2.24) is 10.6 Å². The summed E-state index contributed by atoms with van der Waals surface area (Å²) in [7, 11) is 1.24. The summed E-state index contributed by atoms with van der Waals surface area (Å²) in [6.45, 7) is 4.61. The van der Waals surface area contributed by atoms with Gasteiger partial charge in [-0.15, -0.1) is 12.6 Å². The molecule has 168 valence electrons. The van der Waals surface area contributed by atoms with Crippen molar-refractivity contribution in [3.05, 3.63) is 22.8 Å². The van der Waals surface area contributed by atoms with Crippen LogP contribution in [-0.2, 0) is 10.9 Å². The lowest BCUT2D eigenvalue weighted by molar-refractivity contribution is -0.139. The molecule has 1 aliphatic heterocycles. The third kappa shape index (κ3) is 4.89. The number of methoxy groups -OCH3 is 1. The normalized spacial score (nSPS) is 24.0. The summed E-state index contributed by atoms with van der Waals surface area (Å²) < 4.78 is 50.6. The summed E-state index contributed by atoms with van der Waals surface area (Å²) >= 11 is 4.01. The zero-order valence-electron chi connectivity index (χ0n) is 17.5. The Kier molecular flexibility index (Phi) is 6.94. The Balaban J connectivity index is 1.84. The van der Waals surface area contributed by atoms with Gasteiger partial charge in [0.1, 0.15) is 5.75 Å². The third-order valence-corrected chi connectivity index (χ3v) is 6.55. The fourth-order valence-corrected chi connectivity index (χ4v) is 4.91. The number of carbonyl (C=O) groups is 1. The van der Waals surface area contributed by atoms with Crippen LogP contribution >= 0.6 is 12.6 Å². The number of hydrogen-bond donors (Lipinski definition) is 3. The van der Waals surface area contributed by atoms with E-state index in [2.05, 4.69) is 30.2 Å². The number of alkyl halides is 3. The number of carbonyl (C=O) groups excluding carboxylic acids is 1. The number of thiol groups is 1. The molecule has 5 nitrogen and oxygen atoms in total. The molecule has 1 aromatic carbocycles. The van der Waals surface area contributed by atoms with Gasteiger partial charge in [-0.1, -0.05) is 12.8 Å². The Hall–Kier alpha value is -1.45. The Morgan fingerprint density at radius 3 is 2.57 bits per heavy atom. The Labute approximate surface area is 180 Å². The van der Waals surface area contributed by atoms with Crippen LogP contribution in [0.4, 0.5) is 13.2 Å². The van der Waals surface area contributed by atoms with E-state index in [1.807, 2.05) is 0 Å². The van der Waals surface area contributed by atoms with Crippen molar-refractivity contribution in [1.29, 1.82) is 0 Å². The summed E-state index contributed by atoms with van der Waals surface area (Å²) in [5, 5.41) is 6.65. The maximum atomic E-state index is 13.3. The molecule has 2 N–H and O–H groups in total. The van der Waals surface area contributed by atoms with Crippen molar-refractivity contribution in [2.75, 3.05) is 20.3 Å². The first-order valence-corrected chi connectivity index (χ1v) is 10.6. The van der Waals surface area contributed by atoms with E-state index in [0.29, 0.717) is 13.2 Å². The number of benzene rings is 1. The lowest BCUT2D eigenvalue weighted by atomic mass is 9.94. The predicted octanol–water partition coefficient (Wildman–Crippen LogP) is 4.12. The highest BCUT2D eigenvalue weighted by molar-refractivity contribution is 7.80. The Bertz CT molecular complexity index is 795. The van der Waals surface area contributed by atoms with E-state index < -0.39 is 22.5 Å². The van der Waals surface area contributed by atoms with E-state index in [1.165, 1.54) is 26.9 Å². The van der Waals surface area contributed by atoms with Crippen LogP contribution in [-0.4, -0.2) is 43.9 Å². The van der Waals surface area contributed by atoms with Crippen LogP contribution < -0.4 is 15.4 Å². The van der Waals surface area contributed by atoms with Crippen LogP contribution in [0, 0.1) is 6.92 Å². The molecule has 1 aliphatic carbocycles. The first kappa shape index (κ1) is 23.2. The molecule has 2 atom stereocenters. The van der Waals surface area contributed by atoms with Crippen molar-refractivity contribution in [3.8, 4) is 5.75 Å². The zero-order valence-corrected chi connectivity index (χ0v) is 18.4. The topological polar surface area (TPSA) is 59.6 Å². The van der Waals surface area contributed by atoms with Gasteiger partial charge in [-0.25, -0.2) is 0 Å². The molecule has 1 heterocycles. The van der Waals surface area contributed by atoms with E-state index >= 15 is 0 Å². The standard InChI is InChI=1S/C21H29F3N2O3S/c1-12-10-13(21(22,23)24)18(30)17(28-3)16(12)19(27)25-15-11-29-9-6-14(15)26-20(2)7-4-5-8-20/h10,14-15,26,30H,4-9,11H2,1-3H3,(H,25,27). The monoisotopic (exact) mass is 446 g/mol. The summed E-state index contributed by atoms with van der Waals surface area (Å²) in [5.41, 5.74) is -0.651. The summed E-state index contributed by atoms with van der Waals surface area (Å²) in [6.07, 6.45) is 0.682. The molecule has 1 saturated heterocycles. The average Bonchev–Trinajstić information content (AvgIpc) is 3.09. The van der Waals surface area contributed by atoms with Gasteiger partial charge in [-0.2, -0.15) is 13.2 Å². The maximum Gasteiger partial charge on any atom is 0.417 e. The second-order valence-electron chi connectivity index (χ2n) is 8.46. The molecule has 1 saturated carbocycles. The number of nitrogens with one attached hydrogen (secondary N) is 2. The molecule has 2 fully saturated rings. The summed E-state index contributed by atoms with van der Waals surface area (Å²) in [4.78, 5) is 12.7. The molecule has 0 bridgehead atoms. The van der Waals surface area contributed by atoms with Gasteiger partial charge >= 0.3 is 6.18 Å². The third-order valence-electron chi connectivity index (χ3n) is 6.10. The van der Waals surface area contributed by atoms with Crippen LogP contribution in [0.3, 0.4) is 0 Å². The van der Waals surface area contributed by atoms with Crippen LogP contribution in [0.15, 0.2) is 11.0 Å². The van der Waals surface area contributed by atoms with Crippen molar-refractivity contribution < 1.29 is 27.4 Å². The van der Waals surface area contributed by atoms with Crippen LogP contribution in [0.1, 0.15) is 60.5 Å². The highest BCUT2D eigenvalue weighted by Gasteiger charge is 2.38. The predicted molar refractivity (Wildman–Crippen MR) is 110 cm³/mol. The summed E-state index contributed by atoms with van der Waals surface area (Å²) in [6, 6.07) is 0.673. The van der Waals surface area contributed by atoms with Crippen molar-refractivity contribution in [2.45, 2.75) is 74.6 Å². The molecule has 3 rings (SSSR count). The van der Waals surface area contributed by atoms with E-state index in [9.17, 15) is 18.0 Å². The number of amides is 1. The molecule has 30 heavy (non-hydrogen) atoms. The minimum Gasteiger partial charge on any atom is -0.495 e. The largest absolute Gasteiger partial charge is 0.495 e. The quantitative estimate of drug-likeness (QED) is 0.596. The minimum absolute atomic E-state index is 0.0296. The zero-order chi connectivity index (χ0) is 22.1. The molecule has 2 aliphatic rings. The van der Waals surface area contributed by atoms with Crippen molar-refractivity contribution >= 4 is 18.5 Å². The number of hydrogen-bond acceptors (Lipinski definition) is 5. The molecular formula is C21H29F3N2O3S. The van der Waals surface area contributed by atoms with Gasteiger partial charge in [-0.3, -0.25) is 4.79 Å². The number of aryl methyl sites for hydroxylation is 1. The fourth-order valence-electron chi connectivity index (χ4n) is 4.51. The lowest BCUT2D eigenvalue weighted by Gasteiger charge is -2.39. The smallest absolute Gasteiger partial charge is 0.417 e. The number of ether oxygens (including phenoxy) is 2. The molecule has 0 spiro atoms. The van der Waals surface area contributed by atoms with E-state index in [0.717, 1.165) is 25.3 Å². The molecule has 2 unspecified atom stereocenters. The van der Waals surface area contributed by atoms with Crippen LogP contribution in [0.2, 0.25) is 0 Å². The van der Waals surface area contributed by atoms with Crippen molar-refractivity contribution in [3.63, 3.8) is 0 Å². The molecule has 0 aromatic heterocycles. The Morgan fingerprint density at radius 1 is 1.30 bits per heavy atom. The first-order valence-electron chi connectivity index (χ1n) is 10.2. The maximum absolute atomic E-state index is 13.3. The van der Waals surface area contributed by atoms with E-state index in [-0.39, 0.29) is 34.5 Å². The SMILES string of the molecule is COc1c(S)c(C(F)(F)F)cc(C)c1C(=O)NC1COCCC1NC1(C)CCCC1. The summed E-state index contributed by atoms with van der Waals surface area (Å²) in [5.74, 6) is -0.667. The van der Waals surface area contributed by atoms with Gasteiger partial charge in [0, 0.05) is 18.2 Å². The first-order chi connectivity index (χ1) is 14.1. The highest BCUT2D eigenvalue weighted by atomic mass is 32.1. The average molecular weight is 447 g/mol. The second kappa shape index (κ2) is 8.96. The van der Waals surface area contributed by atoms with Crippen molar-refractivity contribution in [2.24, 2.45) is 0 Å². The van der Waals surface area contributed by atoms with Gasteiger partial charge in [0.05, 0.1) is 35.8 Å². The highest BCUT2D eigenvalue weighted by Crippen LogP contribution is 2.41. The van der Waals surface area contributed by atoms with Gasteiger partial charge in [-0.05, 0) is 44.7 Å². The number of rotatable bonds is 5. The minimum atomic E-state index is -4.59. The van der Waals surface area contributed by atoms with Gasteiger partial charge < -0.3 is 20.1 Å². The van der Waals surface area contributed by atoms with Gasteiger partial charge in [0.25, 0.3) is 5.91 Å². The number of halogens is 3. The van der Waals surface area contributed by atoms with E-state index in [1.54, 1.807) is 0 Å². The molecule has 1 amide bonds. The molecule has 1 aromatic rings. The molecule has 0 radical (unpaired) electrons. The molecular weight excluding hydrogens is 417 g/mol. The fraction of sp³-hybridized carbons (Fsp3) is 0.667. The van der Waals surface area contributed by atoms with Crippen LogP contribution in [0.25, 0.3) is 0 Å². The van der Waals surface area contributed by atoms with Gasteiger partial charge in [0.15, 0.2) is 0 Å². The van der Waals surface area contributed by atoms with Gasteiger partial charge in [0.2, 0.25) is 0 Å².